The van der Waals surface area contributed by atoms with Gasteiger partial charge in [0.15, 0.2) is 0 Å². The number of nitrogens with two attached hydrogens (primary N) is 1. The normalized spacial score (nSPS) is 11.3. The van der Waals surface area contributed by atoms with Gasteiger partial charge in [0.05, 0.1) is 11.1 Å². The molecule has 0 aromatic heterocycles. The van der Waals surface area contributed by atoms with E-state index in [-0.39, 0.29) is 24.3 Å². The summed E-state index contributed by atoms with van der Waals surface area (Å²) in [5.74, 6) is 1.08. The molecule has 0 aliphatic carbocycles. The van der Waals surface area contributed by atoms with E-state index in [2.05, 4.69) is 25.9 Å². The van der Waals surface area contributed by atoms with Gasteiger partial charge < -0.3 is 15.2 Å². The van der Waals surface area contributed by atoms with Gasteiger partial charge in [-0.25, -0.2) is 10.2 Å². The van der Waals surface area contributed by atoms with Gasteiger partial charge in [0.25, 0.3) is 5.69 Å². The molecule has 0 saturated carbocycles. The van der Waals surface area contributed by atoms with Gasteiger partial charge in [-0.2, -0.15) is 5.10 Å². The van der Waals surface area contributed by atoms with Gasteiger partial charge in [-0.15, -0.1) is 0 Å². The van der Waals surface area contributed by atoms with Crippen molar-refractivity contribution in [3.05, 3.63) is 63.7 Å². The van der Waals surface area contributed by atoms with E-state index in [1.54, 1.807) is 0 Å². The third kappa shape index (κ3) is 6.80. The minimum Gasteiger partial charge on any atom is -0.490 e. The van der Waals surface area contributed by atoms with Crippen LogP contribution in [0.2, 0.25) is 0 Å². The summed E-state index contributed by atoms with van der Waals surface area (Å²) in [6.07, 6.45) is 1.22. The monoisotopic (exact) mass is 400 g/mol. The number of hydrazone groups is 1. The van der Waals surface area contributed by atoms with Gasteiger partial charge in [-0.05, 0) is 29.2 Å². The molecule has 2 aromatic rings. The highest BCUT2D eigenvalue weighted by molar-refractivity contribution is 5.85. The molecule has 0 atom stereocenters. The maximum Gasteiger partial charge on any atom is 0.332 e. The Kier molecular flexibility index (Phi) is 7.13. The number of nitrogens with one attached hydrogen (secondary N) is 1. The number of benzene rings is 2. The Morgan fingerprint density at radius 2 is 1.83 bits per heavy atom. The van der Waals surface area contributed by atoms with Crippen LogP contribution in [0.25, 0.3) is 0 Å². The first-order valence-electron chi connectivity index (χ1n) is 8.90. The molecule has 0 aliphatic heterocycles. The minimum absolute atomic E-state index is 0.0683. The summed E-state index contributed by atoms with van der Waals surface area (Å²) >= 11 is 0. The van der Waals surface area contributed by atoms with Crippen LogP contribution < -0.4 is 20.6 Å². The van der Waals surface area contributed by atoms with E-state index in [4.69, 9.17) is 15.2 Å². The number of carbonyl (C=O) groups excluding carboxylic acids is 1. The average Bonchev–Trinajstić information content (AvgIpc) is 2.65. The Balaban J connectivity index is 1.97. The lowest BCUT2D eigenvalue weighted by atomic mass is 9.87. The van der Waals surface area contributed by atoms with E-state index in [1.165, 1.54) is 30.0 Å². The second-order valence-corrected chi connectivity index (χ2v) is 7.18. The molecule has 2 amide bonds. The number of ether oxygens (including phenoxy) is 2. The van der Waals surface area contributed by atoms with Crippen LogP contribution in [0, 0.1) is 10.1 Å². The van der Waals surface area contributed by atoms with E-state index in [9.17, 15) is 14.9 Å². The van der Waals surface area contributed by atoms with Crippen LogP contribution in [-0.2, 0) is 5.41 Å². The zero-order valence-electron chi connectivity index (χ0n) is 16.5. The van der Waals surface area contributed by atoms with Crippen molar-refractivity contribution in [3.8, 4) is 11.5 Å². The molecule has 2 aromatic carbocycles. The number of hydrogen-bond acceptors (Lipinski definition) is 6. The van der Waals surface area contributed by atoms with Crippen molar-refractivity contribution in [1.29, 1.82) is 0 Å². The quantitative estimate of drug-likeness (QED) is 0.304. The SMILES string of the molecule is CC(C)(C)c1ccc(OCCOc2ccc([N+](=O)[O-])cc2/C=N\NC(N)=O)cc1. The summed E-state index contributed by atoms with van der Waals surface area (Å²) in [6.45, 7) is 6.91. The number of nitro benzene ring substituents is 1. The smallest absolute Gasteiger partial charge is 0.332 e. The molecule has 154 valence electrons. The number of rotatable bonds is 8. The summed E-state index contributed by atoms with van der Waals surface area (Å²) in [6, 6.07) is 11.1. The number of nitro groups is 1. The lowest BCUT2D eigenvalue weighted by Crippen LogP contribution is -2.24. The van der Waals surface area contributed by atoms with Crippen LogP contribution in [-0.4, -0.2) is 30.4 Å². The van der Waals surface area contributed by atoms with Gasteiger partial charge in [0.2, 0.25) is 0 Å². The molecular formula is C20H24N4O5. The summed E-state index contributed by atoms with van der Waals surface area (Å²) in [7, 11) is 0. The van der Waals surface area contributed by atoms with E-state index < -0.39 is 11.0 Å². The summed E-state index contributed by atoms with van der Waals surface area (Å²) < 4.78 is 11.3. The van der Waals surface area contributed by atoms with E-state index >= 15 is 0 Å². The first kappa shape index (κ1) is 21.7. The van der Waals surface area contributed by atoms with Crippen LogP contribution in [0.4, 0.5) is 10.5 Å². The second-order valence-electron chi connectivity index (χ2n) is 7.18. The van der Waals surface area contributed by atoms with Gasteiger partial charge in [0, 0.05) is 17.7 Å². The number of non-ortho nitro benzene ring substituents is 1. The molecule has 0 spiro atoms. The highest BCUT2D eigenvalue weighted by atomic mass is 16.6. The third-order valence-corrected chi connectivity index (χ3v) is 3.91. The number of carbonyl (C=O) groups is 1. The molecule has 9 heteroatoms. The van der Waals surface area contributed by atoms with Crippen LogP contribution in [0.5, 0.6) is 11.5 Å². The van der Waals surface area contributed by atoms with Crippen molar-refractivity contribution >= 4 is 17.9 Å². The maximum atomic E-state index is 11.0. The first-order chi connectivity index (χ1) is 13.7. The topological polar surface area (TPSA) is 129 Å². The molecular weight excluding hydrogens is 376 g/mol. The van der Waals surface area contributed by atoms with Crippen molar-refractivity contribution in [2.24, 2.45) is 10.8 Å². The van der Waals surface area contributed by atoms with Gasteiger partial charge in [-0.3, -0.25) is 10.1 Å². The van der Waals surface area contributed by atoms with E-state index in [0.29, 0.717) is 11.3 Å². The molecule has 0 unspecified atom stereocenters. The fourth-order valence-electron chi connectivity index (χ4n) is 2.41. The molecule has 9 nitrogen and oxygen atoms in total. The molecule has 0 aliphatic rings. The molecule has 0 saturated heterocycles. The number of primary amides is 1. The Morgan fingerprint density at radius 3 is 2.41 bits per heavy atom. The molecule has 0 heterocycles. The lowest BCUT2D eigenvalue weighted by Gasteiger charge is -2.19. The van der Waals surface area contributed by atoms with E-state index in [0.717, 1.165) is 5.75 Å². The highest BCUT2D eigenvalue weighted by Gasteiger charge is 2.13. The number of hydrogen-bond donors (Lipinski definition) is 2. The van der Waals surface area contributed by atoms with E-state index in [1.807, 2.05) is 29.7 Å². The predicted octanol–water partition coefficient (Wildman–Crippen LogP) is 3.35. The van der Waals surface area contributed by atoms with Crippen LogP contribution in [0.3, 0.4) is 0 Å². The summed E-state index contributed by atoms with van der Waals surface area (Å²) in [4.78, 5) is 21.1. The Bertz CT molecular complexity index is 889. The van der Waals surface area contributed by atoms with Crippen molar-refractivity contribution in [2.45, 2.75) is 26.2 Å². The Morgan fingerprint density at radius 1 is 1.17 bits per heavy atom. The number of nitrogens with zero attached hydrogens (tertiary/aromatic N) is 2. The molecule has 3 N–H and O–H groups in total. The van der Waals surface area contributed by atoms with Crippen LogP contribution >= 0.6 is 0 Å². The molecule has 29 heavy (non-hydrogen) atoms. The van der Waals surface area contributed by atoms with Crippen LogP contribution in [0.15, 0.2) is 47.6 Å². The largest absolute Gasteiger partial charge is 0.490 e. The summed E-state index contributed by atoms with van der Waals surface area (Å²) in [5.41, 5.74) is 8.44. The van der Waals surface area contributed by atoms with Crippen molar-refractivity contribution in [2.75, 3.05) is 13.2 Å². The first-order valence-corrected chi connectivity index (χ1v) is 8.90. The second kappa shape index (κ2) is 9.54. The predicted molar refractivity (Wildman–Crippen MR) is 110 cm³/mol. The van der Waals surface area contributed by atoms with Crippen molar-refractivity contribution < 1.29 is 19.2 Å². The average molecular weight is 400 g/mol. The zero-order chi connectivity index (χ0) is 21.4. The standard InChI is InChI=1S/C20H24N4O5/c1-20(2,3)15-4-7-17(8-5-15)28-10-11-29-18-9-6-16(24(26)27)12-14(18)13-22-23-19(21)25/h4-9,12-13H,10-11H2,1-3H3,(H3,21,23,25)/b22-13-. The van der Waals surface area contributed by atoms with Crippen molar-refractivity contribution in [3.63, 3.8) is 0 Å². The fraction of sp³-hybridized carbons (Fsp3) is 0.300. The van der Waals surface area contributed by atoms with Gasteiger partial charge in [-0.1, -0.05) is 32.9 Å². The van der Waals surface area contributed by atoms with Crippen LogP contribution in [0.1, 0.15) is 31.9 Å². The molecule has 2 rings (SSSR count). The fourth-order valence-corrected chi connectivity index (χ4v) is 2.41. The third-order valence-electron chi connectivity index (χ3n) is 3.91. The Hall–Kier alpha value is -3.62. The lowest BCUT2D eigenvalue weighted by molar-refractivity contribution is -0.384. The van der Waals surface area contributed by atoms with Crippen molar-refractivity contribution in [1.82, 2.24) is 5.43 Å². The minimum atomic E-state index is -0.847. The van der Waals surface area contributed by atoms with Gasteiger partial charge >= 0.3 is 6.03 Å². The van der Waals surface area contributed by atoms with Gasteiger partial charge in [0.1, 0.15) is 24.7 Å². The maximum absolute atomic E-state index is 11.0. The number of urea groups is 1. The number of amides is 2. The molecule has 0 radical (unpaired) electrons. The summed E-state index contributed by atoms with van der Waals surface area (Å²) in [5, 5.41) is 14.6. The Labute approximate surface area is 168 Å². The highest BCUT2D eigenvalue weighted by Crippen LogP contribution is 2.25. The zero-order valence-corrected chi connectivity index (χ0v) is 16.5. The molecule has 0 bridgehead atoms. The molecule has 0 fully saturated rings.